The molecule has 1 amide bonds. The molecule has 0 aliphatic heterocycles. The van der Waals surface area contributed by atoms with Gasteiger partial charge in [-0.2, -0.15) is 0 Å². The summed E-state index contributed by atoms with van der Waals surface area (Å²) in [5.74, 6) is -0.180. The van der Waals surface area contributed by atoms with Gasteiger partial charge in [0, 0.05) is 5.92 Å². The summed E-state index contributed by atoms with van der Waals surface area (Å²) in [5, 5.41) is 0. The van der Waals surface area contributed by atoms with Crippen LogP contribution < -0.4 is 5.48 Å². The Labute approximate surface area is 87.2 Å². The number of halogens is 1. The maximum absolute atomic E-state index is 12.6. The molecule has 1 aromatic rings. The third kappa shape index (κ3) is 2.15. The van der Waals surface area contributed by atoms with Crippen molar-refractivity contribution in [2.45, 2.75) is 12.3 Å². The monoisotopic (exact) mass is 209 g/mol. The van der Waals surface area contributed by atoms with Crippen molar-refractivity contribution >= 4 is 5.91 Å². The lowest BCUT2D eigenvalue weighted by atomic mass is 10.1. The van der Waals surface area contributed by atoms with Gasteiger partial charge in [-0.3, -0.25) is 9.63 Å². The van der Waals surface area contributed by atoms with Crippen LogP contribution in [0.2, 0.25) is 0 Å². The molecule has 80 valence electrons. The number of hydrogen-bond donors (Lipinski definition) is 1. The molecule has 15 heavy (non-hydrogen) atoms. The molecule has 0 bridgehead atoms. The van der Waals surface area contributed by atoms with E-state index in [0.717, 1.165) is 12.0 Å². The van der Waals surface area contributed by atoms with E-state index in [1.54, 1.807) is 12.1 Å². The van der Waals surface area contributed by atoms with Crippen LogP contribution in [0.15, 0.2) is 24.3 Å². The molecule has 0 radical (unpaired) electrons. The Balaban J connectivity index is 1.98. The second-order valence-corrected chi connectivity index (χ2v) is 3.67. The zero-order chi connectivity index (χ0) is 10.8. The number of benzene rings is 1. The fraction of sp³-hybridized carbons (Fsp3) is 0.364. The van der Waals surface area contributed by atoms with Crippen LogP contribution in [0, 0.1) is 11.7 Å². The fourth-order valence-corrected chi connectivity index (χ4v) is 1.74. The van der Waals surface area contributed by atoms with Crippen molar-refractivity contribution in [2.24, 2.45) is 5.92 Å². The first-order valence-electron chi connectivity index (χ1n) is 4.80. The Kier molecular flexibility index (Phi) is 2.68. The molecule has 2 unspecified atom stereocenters. The highest BCUT2D eigenvalue weighted by Gasteiger charge is 2.43. The molecule has 3 nitrogen and oxygen atoms in total. The Hall–Kier alpha value is -1.42. The van der Waals surface area contributed by atoms with Gasteiger partial charge in [0.05, 0.1) is 7.11 Å². The summed E-state index contributed by atoms with van der Waals surface area (Å²) in [6.07, 6.45) is 0.806. The minimum Gasteiger partial charge on any atom is -0.277 e. The zero-order valence-corrected chi connectivity index (χ0v) is 8.37. The van der Waals surface area contributed by atoms with Gasteiger partial charge in [-0.1, -0.05) is 12.1 Å². The van der Waals surface area contributed by atoms with E-state index in [4.69, 9.17) is 0 Å². The highest BCUT2D eigenvalue weighted by atomic mass is 19.1. The average molecular weight is 209 g/mol. The summed E-state index contributed by atoms with van der Waals surface area (Å²) in [5.41, 5.74) is 3.31. The summed E-state index contributed by atoms with van der Waals surface area (Å²) in [6.45, 7) is 0. The van der Waals surface area contributed by atoms with E-state index in [0.29, 0.717) is 0 Å². The number of amides is 1. The Morgan fingerprint density at radius 1 is 1.47 bits per heavy atom. The number of hydroxylamine groups is 1. The second kappa shape index (κ2) is 3.98. The number of carbonyl (C=O) groups is 1. The van der Waals surface area contributed by atoms with Crippen LogP contribution >= 0.6 is 0 Å². The van der Waals surface area contributed by atoms with Crippen LogP contribution in [-0.4, -0.2) is 13.0 Å². The zero-order valence-electron chi connectivity index (χ0n) is 8.37. The number of hydrogen-bond acceptors (Lipinski definition) is 2. The molecule has 1 aliphatic carbocycles. The molecule has 0 heterocycles. The molecule has 0 aromatic heterocycles. The molecule has 0 saturated heterocycles. The predicted molar refractivity (Wildman–Crippen MR) is 52.4 cm³/mol. The minimum atomic E-state index is -0.253. The van der Waals surface area contributed by atoms with Crippen molar-refractivity contribution in [2.75, 3.05) is 7.11 Å². The summed E-state index contributed by atoms with van der Waals surface area (Å²) >= 11 is 0. The molecule has 1 aromatic carbocycles. The van der Waals surface area contributed by atoms with Gasteiger partial charge in [0.2, 0.25) is 5.91 Å². The van der Waals surface area contributed by atoms with Gasteiger partial charge in [0.1, 0.15) is 5.82 Å². The molecule has 0 spiro atoms. The maximum atomic E-state index is 12.6. The van der Waals surface area contributed by atoms with E-state index in [1.165, 1.54) is 19.2 Å². The summed E-state index contributed by atoms with van der Waals surface area (Å²) < 4.78 is 12.6. The summed E-state index contributed by atoms with van der Waals surface area (Å²) in [4.78, 5) is 15.9. The molecule has 2 rings (SSSR count). The molecular formula is C11H12FNO2. The van der Waals surface area contributed by atoms with E-state index in [9.17, 15) is 9.18 Å². The van der Waals surface area contributed by atoms with Crippen molar-refractivity contribution < 1.29 is 14.0 Å². The van der Waals surface area contributed by atoms with E-state index >= 15 is 0 Å². The van der Waals surface area contributed by atoms with Crippen molar-refractivity contribution in [3.63, 3.8) is 0 Å². The van der Waals surface area contributed by atoms with Crippen molar-refractivity contribution in [1.29, 1.82) is 0 Å². The van der Waals surface area contributed by atoms with Gasteiger partial charge >= 0.3 is 0 Å². The van der Waals surface area contributed by atoms with Crippen molar-refractivity contribution in [1.82, 2.24) is 5.48 Å². The molecule has 1 N–H and O–H groups in total. The first kappa shape index (κ1) is 10.1. The highest BCUT2D eigenvalue weighted by molar-refractivity contribution is 5.81. The lowest BCUT2D eigenvalue weighted by Gasteiger charge is -2.01. The normalized spacial score (nSPS) is 23.6. The summed E-state index contributed by atoms with van der Waals surface area (Å²) in [7, 11) is 1.41. The first-order chi connectivity index (χ1) is 7.22. The van der Waals surface area contributed by atoms with Gasteiger partial charge in [0.25, 0.3) is 0 Å². The van der Waals surface area contributed by atoms with Gasteiger partial charge in [-0.15, -0.1) is 0 Å². The Bertz CT molecular complexity index is 363. The van der Waals surface area contributed by atoms with Crippen molar-refractivity contribution in [3.05, 3.63) is 35.6 Å². The van der Waals surface area contributed by atoms with Gasteiger partial charge < -0.3 is 0 Å². The average Bonchev–Trinajstić information content (AvgIpc) is 2.99. The van der Waals surface area contributed by atoms with Crippen LogP contribution in [0.25, 0.3) is 0 Å². The number of carbonyl (C=O) groups excluding carboxylic acids is 1. The van der Waals surface area contributed by atoms with Crippen LogP contribution in [0.3, 0.4) is 0 Å². The smallest absolute Gasteiger partial charge is 0.247 e. The largest absolute Gasteiger partial charge is 0.277 e. The fourth-order valence-electron chi connectivity index (χ4n) is 1.74. The standard InChI is InChI=1S/C11H12FNO2/c1-15-13-11(14)10-6-9(10)7-2-4-8(12)5-3-7/h2-5,9-10H,6H2,1H3,(H,13,14). The lowest BCUT2D eigenvalue weighted by Crippen LogP contribution is -2.23. The minimum absolute atomic E-state index is 0.0320. The summed E-state index contributed by atoms with van der Waals surface area (Å²) in [6, 6.07) is 6.28. The molecule has 1 fully saturated rings. The number of rotatable bonds is 3. The first-order valence-corrected chi connectivity index (χ1v) is 4.80. The van der Waals surface area contributed by atoms with Gasteiger partial charge in [-0.05, 0) is 30.0 Å². The van der Waals surface area contributed by atoms with E-state index < -0.39 is 0 Å². The van der Waals surface area contributed by atoms with Gasteiger partial charge in [0.15, 0.2) is 0 Å². The van der Waals surface area contributed by atoms with E-state index in [-0.39, 0.29) is 23.6 Å². The quantitative estimate of drug-likeness (QED) is 0.768. The highest BCUT2D eigenvalue weighted by Crippen LogP contribution is 2.47. The molecular weight excluding hydrogens is 197 g/mol. The molecule has 1 saturated carbocycles. The van der Waals surface area contributed by atoms with Crippen LogP contribution in [0.4, 0.5) is 4.39 Å². The van der Waals surface area contributed by atoms with Crippen LogP contribution in [0.1, 0.15) is 17.9 Å². The second-order valence-electron chi connectivity index (χ2n) is 3.67. The lowest BCUT2D eigenvalue weighted by molar-refractivity contribution is -0.132. The topological polar surface area (TPSA) is 38.3 Å². The third-order valence-electron chi connectivity index (χ3n) is 2.63. The molecule has 2 atom stereocenters. The number of nitrogens with one attached hydrogen (secondary N) is 1. The van der Waals surface area contributed by atoms with E-state index in [1.807, 2.05) is 0 Å². The molecule has 4 heteroatoms. The van der Waals surface area contributed by atoms with Crippen LogP contribution in [0.5, 0.6) is 0 Å². The third-order valence-corrected chi connectivity index (χ3v) is 2.63. The van der Waals surface area contributed by atoms with Crippen molar-refractivity contribution in [3.8, 4) is 0 Å². The van der Waals surface area contributed by atoms with E-state index in [2.05, 4.69) is 10.3 Å². The Morgan fingerprint density at radius 2 is 2.13 bits per heavy atom. The predicted octanol–water partition coefficient (Wildman–Crippen LogP) is 1.61. The Morgan fingerprint density at radius 3 is 2.73 bits per heavy atom. The maximum Gasteiger partial charge on any atom is 0.247 e. The SMILES string of the molecule is CONC(=O)C1CC1c1ccc(F)cc1. The van der Waals surface area contributed by atoms with Gasteiger partial charge in [-0.25, -0.2) is 9.87 Å². The molecule has 1 aliphatic rings. The van der Waals surface area contributed by atoms with Crippen LogP contribution in [-0.2, 0) is 9.63 Å².